The molecule has 31 heavy (non-hydrogen) atoms. The Kier molecular flexibility index (Phi) is 6.03. The van der Waals surface area contributed by atoms with Crippen molar-refractivity contribution < 1.29 is 14.0 Å². The Labute approximate surface area is 185 Å². The molecule has 0 atom stereocenters. The molecule has 0 unspecified atom stereocenters. The number of amidine groups is 1. The topological polar surface area (TPSA) is 95.5 Å². The molecular formula is C22H17BrFN5O2. The summed E-state index contributed by atoms with van der Waals surface area (Å²) in [4.78, 5) is 33.8. The SMILES string of the molecule is O=C(Nc1ccc(F)cc1C(=O)Nc1ccc(Br)cn1)c1ccc(C2=NCCN2)cc1. The van der Waals surface area contributed by atoms with Gasteiger partial charge in [-0.3, -0.25) is 14.6 Å². The van der Waals surface area contributed by atoms with Crippen molar-refractivity contribution in [2.24, 2.45) is 4.99 Å². The normalized spacial score (nSPS) is 12.6. The Balaban J connectivity index is 1.52. The number of benzene rings is 2. The maximum Gasteiger partial charge on any atom is 0.259 e. The van der Waals surface area contributed by atoms with E-state index in [1.165, 1.54) is 18.3 Å². The second kappa shape index (κ2) is 9.05. The molecule has 1 aromatic heterocycles. The molecule has 2 aromatic carbocycles. The average molecular weight is 482 g/mol. The monoisotopic (exact) mass is 481 g/mol. The largest absolute Gasteiger partial charge is 0.368 e. The number of pyridine rings is 1. The van der Waals surface area contributed by atoms with Crippen LogP contribution in [-0.4, -0.2) is 35.7 Å². The van der Waals surface area contributed by atoms with E-state index in [-0.39, 0.29) is 11.3 Å². The fourth-order valence-electron chi connectivity index (χ4n) is 3.01. The molecule has 1 aliphatic rings. The summed E-state index contributed by atoms with van der Waals surface area (Å²) < 4.78 is 14.6. The first kappa shape index (κ1) is 20.7. The van der Waals surface area contributed by atoms with Gasteiger partial charge in [0, 0.05) is 28.3 Å². The number of carbonyl (C=O) groups excluding carboxylic acids is 2. The van der Waals surface area contributed by atoms with Crippen LogP contribution in [0.4, 0.5) is 15.9 Å². The third-order valence-corrected chi connectivity index (χ3v) is 5.01. The first-order valence-electron chi connectivity index (χ1n) is 9.42. The van der Waals surface area contributed by atoms with E-state index in [2.05, 4.69) is 41.9 Å². The Morgan fingerprint density at radius 2 is 1.81 bits per heavy atom. The summed E-state index contributed by atoms with van der Waals surface area (Å²) in [5, 5.41) is 8.45. The van der Waals surface area contributed by atoms with Gasteiger partial charge in [-0.15, -0.1) is 0 Å². The van der Waals surface area contributed by atoms with Gasteiger partial charge in [0.2, 0.25) is 0 Å². The minimum atomic E-state index is -0.596. The number of carbonyl (C=O) groups is 2. The van der Waals surface area contributed by atoms with E-state index in [1.807, 2.05) is 0 Å². The lowest BCUT2D eigenvalue weighted by atomic mass is 10.1. The molecule has 9 heteroatoms. The van der Waals surface area contributed by atoms with Crippen LogP contribution in [-0.2, 0) is 0 Å². The summed E-state index contributed by atoms with van der Waals surface area (Å²) in [5.41, 5.74) is 1.46. The van der Waals surface area contributed by atoms with E-state index in [1.54, 1.807) is 36.4 Å². The maximum atomic E-state index is 13.8. The number of hydrogen-bond acceptors (Lipinski definition) is 5. The van der Waals surface area contributed by atoms with Crippen LogP contribution in [0.3, 0.4) is 0 Å². The van der Waals surface area contributed by atoms with Crippen LogP contribution in [0.1, 0.15) is 26.3 Å². The maximum absolute atomic E-state index is 13.8. The molecule has 7 nitrogen and oxygen atoms in total. The lowest BCUT2D eigenvalue weighted by molar-refractivity contribution is 0.102. The molecule has 3 aromatic rings. The molecule has 3 N–H and O–H groups in total. The van der Waals surface area contributed by atoms with E-state index in [9.17, 15) is 14.0 Å². The summed E-state index contributed by atoms with van der Waals surface area (Å²) in [6.45, 7) is 1.52. The van der Waals surface area contributed by atoms with E-state index in [0.29, 0.717) is 11.4 Å². The van der Waals surface area contributed by atoms with Crippen LogP contribution in [0.15, 0.2) is 70.3 Å². The van der Waals surface area contributed by atoms with Crippen molar-refractivity contribution in [3.05, 3.63) is 87.8 Å². The summed E-state index contributed by atoms with van der Waals surface area (Å²) in [5.74, 6) is -0.513. The molecule has 0 aliphatic carbocycles. The molecule has 1 aliphatic heterocycles. The van der Waals surface area contributed by atoms with Crippen molar-refractivity contribution in [3.8, 4) is 0 Å². The van der Waals surface area contributed by atoms with Crippen molar-refractivity contribution >= 4 is 45.1 Å². The van der Waals surface area contributed by atoms with E-state index < -0.39 is 17.6 Å². The van der Waals surface area contributed by atoms with Gasteiger partial charge in [0.25, 0.3) is 11.8 Å². The summed E-state index contributed by atoms with van der Waals surface area (Å²) >= 11 is 3.27. The molecular weight excluding hydrogens is 465 g/mol. The molecule has 0 spiro atoms. The molecule has 2 amide bonds. The van der Waals surface area contributed by atoms with Gasteiger partial charge in [0.05, 0.1) is 17.8 Å². The van der Waals surface area contributed by atoms with Crippen LogP contribution >= 0.6 is 15.9 Å². The van der Waals surface area contributed by atoms with E-state index in [4.69, 9.17) is 0 Å². The van der Waals surface area contributed by atoms with Crippen LogP contribution in [0.25, 0.3) is 0 Å². The van der Waals surface area contributed by atoms with Gasteiger partial charge in [-0.2, -0.15) is 0 Å². The summed E-state index contributed by atoms with van der Waals surface area (Å²) in [6, 6.07) is 13.8. The number of aromatic nitrogens is 1. The van der Waals surface area contributed by atoms with Gasteiger partial charge >= 0.3 is 0 Å². The van der Waals surface area contributed by atoms with E-state index in [0.717, 1.165) is 35.0 Å². The van der Waals surface area contributed by atoms with Crippen LogP contribution < -0.4 is 16.0 Å². The first-order chi connectivity index (χ1) is 15.0. The zero-order chi connectivity index (χ0) is 21.8. The zero-order valence-electron chi connectivity index (χ0n) is 16.2. The number of nitrogens with zero attached hydrogens (tertiary/aromatic N) is 2. The lowest BCUT2D eigenvalue weighted by Crippen LogP contribution is -2.20. The fourth-order valence-corrected chi connectivity index (χ4v) is 3.25. The third kappa shape index (κ3) is 4.95. The molecule has 0 saturated carbocycles. The Hall–Kier alpha value is -3.59. The highest BCUT2D eigenvalue weighted by Crippen LogP contribution is 2.20. The van der Waals surface area contributed by atoms with Gasteiger partial charge in [0.15, 0.2) is 0 Å². The smallest absolute Gasteiger partial charge is 0.259 e. The number of hydrogen-bond donors (Lipinski definition) is 3. The molecule has 0 bridgehead atoms. The number of halogens is 2. The van der Waals surface area contributed by atoms with Crippen molar-refractivity contribution in [2.45, 2.75) is 0 Å². The Morgan fingerprint density at radius 1 is 1.00 bits per heavy atom. The quantitative estimate of drug-likeness (QED) is 0.515. The molecule has 0 radical (unpaired) electrons. The van der Waals surface area contributed by atoms with Crippen LogP contribution in [0.5, 0.6) is 0 Å². The number of nitrogens with one attached hydrogen (secondary N) is 3. The fraction of sp³-hybridized carbons (Fsp3) is 0.0909. The van der Waals surface area contributed by atoms with Crippen LogP contribution in [0, 0.1) is 5.82 Å². The summed E-state index contributed by atoms with van der Waals surface area (Å²) in [6.07, 6.45) is 1.53. The second-order valence-corrected chi connectivity index (χ2v) is 7.61. The molecule has 0 saturated heterocycles. The van der Waals surface area contributed by atoms with Crippen molar-refractivity contribution in [1.82, 2.24) is 10.3 Å². The number of aliphatic imine (C=N–C) groups is 1. The summed E-state index contributed by atoms with van der Waals surface area (Å²) in [7, 11) is 0. The van der Waals surface area contributed by atoms with Gasteiger partial charge in [-0.05, 0) is 58.4 Å². The predicted molar refractivity (Wildman–Crippen MR) is 120 cm³/mol. The molecule has 0 fully saturated rings. The lowest BCUT2D eigenvalue weighted by Gasteiger charge is -2.12. The standard InChI is InChI=1S/C22H17BrFN5O2/c23-15-5-8-19(27-12-15)29-22(31)17-11-16(24)6-7-18(17)28-21(30)14-3-1-13(2-4-14)20-25-9-10-26-20/h1-8,11-12H,9-10H2,(H,25,26)(H,28,30)(H,27,29,31). The van der Waals surface area contributed by atoms with Crippen LogP contribution in [0.2, 0.25) is 0 Å². The Morgan fingerprint density at radius 3 is 2.48 bits per heavy atom. The Bertz CT molecular complexity index is 1160. The third-order valence-electron chi connectivity index (χ3n) is 4.54. The number of amides is 2. The second-order valence-electron chi connectivity index (χ2n) is 6.69. The van der Waals surface area contributed by atoms with Crippen molar-refractivity contribution in [2.75, 3.05) is 23.7 Å². The van der Waals surface area contributed by atoms with Gasteiger partial charge in [-0.25, -0.2) is 9.37 Å². The minimum Gasteiger partial charge on any atom is -0.368 e. The number of rotatable bonds is 5. The van der Waals surface area contributed by atoms with Gasteiger partial charge < -0.3 is 16.0 Å². The highest BCUT2D eigenvalue weighted by Gasteiger charge is 2.17. The molecule has 156 valence electrons. The molecule has 2 heterocycles. The highest BCUT2D eigenvalue weighted by molar-refractivity contribution is 9.10. The molecule has 4 rings (SSSR count). The van der Waals surface area contributed by atoms with E-state index >= 15 is 0 Å². The average Bonchev–Trinajstić information content (AvgIpc) is 3.31. The van der Waals surface area contributed by atoms with Gasteiger partial charge in [0.1, 0.15) is 17.5 Å². The predicted octanol–water partition coefficient (Wildman–Crippen LogP) is 3.84. The van der Waals surface area contributed by atoms with Gasteiger partial charge in [-0.1, -0.05) is 12.1 Å². The zero-order valence-corrected chi connectivity index (χ0v) is 17.7. The first-order valence-corrected chi connectivity index (χ1v) is 10.2. The highest BCUT2D eigenvalue weighted by atomic mass is 79.9. The van der Waals surface area contributed by atoms with Crippen molar-refractivity contribution in [1.29, 1.82) is 0 Å². The number of anilines is 2. The van der Waals surface area contributed by atoms with Crippen molar-refractivity contribution in [3.63, 3.8) is 0 Å². The minimum absolute atomic E-state index is 0.0146.